The summed E-state index contributed by atoms with van der Waals surface area (Å²) in [5.74, 6) is -2.96. The lowest BCUT2D eigenvalue weighted by Crippen LogP contribution is -2.59. The van der Waals surface area contributed by atoms with Gasteiger partial charge in [-0.25, -0.2) is 4.79 Å². The van der Waals surface area contributed by atoms with Crippen molar-refractivity contribution in [2.75, 3.05) is 34.9 Å². The molecule has 1 aliphatic rings. The number of nitrogens with zero attached hydrogens (tertiary/aromatic N) is 2. The number of benzene rings is 2. The molecule has 3 N–H and O–H groups in total. The molecule has 2 aromatic carbocycles. The number of rotatable bonds is 23. The number of ether oxygens (including phenoxy) is 3. The zero-order chi connectivity index (χ0) is 44.7. The maximum Gasteiger partial charge on any atom is 0.329 e. The predicted molar refractivity (Wildman–Crippen MR) is 234 cm³/mol. The van der Waals surface area contributed by atoms with Gasteiger partial charge in [-0.15, -0.1) is 0 Å². The van der Waals surface area contributed by atoms with E-state index in [1.165, 1.54) is 7.11 Å². The van der Waals surface area contributed by atoms with Crippen LogP contribution in [0.5, 0.6) is 0 Å². The third kappa shape index (κ3) is 13.1. The summed E-state index contributed by atoms with van der Waals surface area (Å²) in [5.41, 5.74) is 1.71. The molecule has 2 aromatic rings. The Morgan fingerprint density at radius 2 is 1.38 bits per heavy atom. The Morgan fingerprint density at radius 3 is 1.92 bits per heavy atom. The van der Waals surface area contributed by atoms with E-state index in [2.05, 4.69) is 16.0 Å². The molecule has 0 unspecified atom stereocenters. The minimum absolute atomic E-state index is 0.00552. The molecule has 0 spiro atoms. The average Bonchev–Trinajstić information content (AvgIpc) is 3.73. The monoisotopic (exact) mass is 836 g/mol. The molecular weight excluding hydrogens is 763 g/mol. The largest absolute Gasteiger partial charge is 0.459 e. The van der Waals surface area contributed by atoms with Gasteiger partial charge in [0.2, 0.25) is 23.6 Å². The molecule has 3 rings (SSSR count). The molecule has 13 heteroatoms. The van der Waals surface area contributed by atoms with Gasteiger partial charge in [0.15, 0.2) is 0 Å². The van der Waals surface area contributed by atoms with Crippen molar-refractivity contribution in [3.63, 3.8) is 0 Å². The first kappa shape index (κ1) is 50.0. The molecule has 1 fully saturated rings. The van der Waals surface area contributed by atoms with E-state index in [9.17, 15) is 24.0 Å². The van der Waals surface area contributed by atoms with Crippen LogP contribution in [0, 0.1) is 23.7 Å². The van der Waals surface area contributed by atoms with Crippen LogP contribution in [0.15, 0.2) is 60.7 Å². The normalized spacial score (nSPS) is 18.7. The third-order valence-electron chi connectivity index (χ3n) is 12.4. The lowest BCUT2D eigenvalue weighted by atomic mass is 9.89. The van der Waals surface area contributed by atoms with Crippen molar-refractivity contribution in [3.05, 3.63) is 71.8 Å². The number of nitrogens with one attached hydrogen (secondary N) is 3. The van der Waals surface area contributed by atoms with E-state index in [1.54, 1.807) is 37.9 Å². The number of amides is 4. The molecule has 1 saturated heterocycles. The number of likely N-dealkylation sites (N-methyl/N-ethyl adjacent to an activating group) is 2. The summed E-state index contributed by atoms with van der Waals surface area (Å²) in [6.45, 7) is 15.9. The average molecular weight is 836 g/mol. The van der Waals surface area contributed by atoms with Crippen molar-refractivity contribution in [2.45, 2.75) is 136 Å². The molecule has 4 amide bonds. The van der Waals surface area contributed by atoms with Gasteiger partial charge in [-0.2, -0.15) is 0 Å². The molecule has 1 aliphatic heterocycles. The van der Waals surface area contributed by atoms with Crippen molar-refractivity contribution < 1.29 is 38.2 Å². The van der Waals surface area contributed by atoms with Gasteiger partial charge in [-0.3, -0.25) is 19.2 Å². The Kier molecular flexibility index (Phi) is 20.2. The Hall–Kier alpha value is -4.33. The zero-order valence-corrected chi connectivity index (χ0v) is 38.1. The molecule has 334 valence electrons. The van der Waals surface area contributed by atoms with E-state index in [0.29, 0.717) is 19.4 Å². The lowest BCUT2D eigenvalue weighted by Gasteiger charge is -2.41. The number of carbonyl (C=O) groups excluding carboxylic acids is 5. The summed E-state index contributed by atoms with van der Waals surface area (Å²) in [5, 5.41) is 9.04. The van der Waals surface area contributed by atoms with Gasteiger partial charge >= 0.3 is 5.97 Å². The van der Waals surface area contributed by atoms with E-state index < -0.39 is 66.1 Å². The molecule has 60 heavy (non-hydrogen) atoms. The van der Waals surface area contributed by atoms with Crippen LogP contribution in [0.25, 0.3) is 0 Å². The highest BCUT2D eigenvalue weighted by Gasteiger charge is 2.44. The number of hydrogen-bond donors (Lipinski definition) is 3. The molecule has 0 saturated carbocycles. The van der Waals surface area contributed by atoms with Crippen LogP contribution in [-0.4, -0.2) is 117 Å². The first-order valence-corrected chi connectivity index (χ1v) is 21.7. The molecule has 0 aromatic heterocycles. The van der Waals surface area contributed by atoms with Crippen molar-refractivity contribution in [1.29, 1.82) is 0 Å². The van der Waals surface area contributed by atoms with Crippen molar-refractivity contribution in [1.82, 2.24) is 25.8 Å². The molecule has 0 aliphatic carbocycles. The highest BCUT2D eigenvalue weighted by molar-refractivity contribution is 5.90. The number of hydrogen-bond acceptors (Lipinski definition) is 9. The second kappa shape index (κ2) is 24.2. The first-order chi connectivity index (χ1) is 28.5. The number of methoxy groups -OCH3 is 2. The molecular formula is C47H73N5O8. The molecule has 13 nitrogen and oxygen atoms in total. The Bertz CT molecular complexity index is 1660. The van der Waals surface area contributed by atoms with Crippen LogP contribution in [0.2, 0.25) is 0 Å². The Balaban J connectivity index is 1.81. The minimum Gasteiger partial charge on any atom is -0.459 e. The SMILES string of the molecule is CC[C@H](C)[C@@H]([C@@H](CC(=O)N1CCC[C@H]1[C@H](OC)[C@@H](C)C(=O)N[C@H](C(=O)OCc1ccccc1)[C@@H](C)c1ccccc1)OC)N(C)C(=O)[C@@H](NC(=O)[C@@H](NC)C(C)C)C(C)C. The molecule has 10 atom stereocenters. The maximum absolute atomic E-state index is 14.4. The zero-order valence-electron chi connectivity index (χ0n) is 38.1. The van der Waals surface area contributed by atoms with Crippen LogP contribution in [0.1, 0.15) is 98.1 Å². The van der Waals surface area contributed by atoms with E-state index in [-0.39, 0.29) is 48.5 Å². The van der Waals surface area contributed by atoms with E-state index in [1.807, 2.05) is 109 Å². The molecule has 0 bridgehead atoms. The van der Waals surface area contributed by atoms with Crippen LogP contribution in [-0.2, 0) is 44.8 Å². The lowest BCUT2D eigenvalue weighted by molar-refractivity contribution is -0.151. The standard InChI is InChI=1S/C47H73N5O8/c1-13-31(6)42(51(10)46(56)40(30(4)5)49-45(55)39(48-9)29(2)3)37(58-11)27-38(53)52-26-20-25-36(52)43(59-12)33(8)44(54)50-41(32(7)35-23-18-15-19-24-35)47(57)60-28-34-21-16-14-17-22-34/h14-19,21-24,29-33,36-37,39-43,48H,13,20,25-28H2,1-12H3,(H,49,55)(H,50,54)/t31-,32-,33+,36-,37+,39-,40-,41-,42-,43+/m0/s1. The van der Waals surface area contributed by atoms with E-state index in [0.717, 1.165) is 17.5 Å². The summed E-state index contributed by atoms with van der Waals surface area (Å²) in [7, 11) is 6.54. The van der Waals surface area contributed by atoms with E-state index in [4.69, 9.17) is 14.2 Å². The summed E-state index contributed by atoms with van der Waals surface area (Å²) < 4.78 is 17.8. The summed E-state index contributed by atoms with van der Waals surface area (Å²) >= 11 is 0. The van der Waals surface area contributed by atoms with Gasteiger partial charge in [0.05, 0.1) is 42.7 Å². The van der Waals surface area contributed by atoms with Gasteiger partial charge in [-0.05, 0) is 48.8 Å². The topological polar surface area (TPSA) is 156 Å². The van der Waals surface area contributed by atoms with Crippen molar-refractivity contribution in [2.24, 2.45) is 23.7 Å². The predicted octanol–water partition coefficient (Wildman–Crippen LogP) is 5.32. The van der Waals surface area contributed by atoms with Crippen LogP contribution in [0.4, 0.5) is 0 Å². The second-order valence-electron chi connectivity index (χ2n) is 17.1. The molecule has 0 radical (unpaired) electrons. The Labute approximate surface area is 359 Å². The van der Waals surface area contributed by atoms with Gasteiger partial charge in [0.1, 0.15) is 18.7 Å². The van der Waals surface area contributed by atoms with Gasteiger partial charge in [0, 0.05) is 33.7 Å². The molecule has 1 heterocycles. The first-order valence-electron chi connectivity index (χ1n) is 21.7. The maximum atomic E-state index is 14.4. The second-order valence-corrected chi connectivity index (χ2v) is 17.1. The fourth-order valence-electron chi connectivity index (χ4n) is 8.49. The van der Waals surface area contributed by atoms with Crippen LogP contribution < -0.4 is 16.0 Å². The summed E-state index contributed by atoms with van der Waals surface area (Å²) in [6, 6.07) is 15.8. The highest BCUT2D eigenvalue weighted by atomic mass is 16.5. The van der Waals surface area contributed by atoms with Gasteiger partial charge in [-0.1, -0.05) is 122 Å². The summed E-state index contributed by atoms with van der Waals surface area (Å²) in [6.07, 6.45) is 0.718. The number of carbonyl (C=O) groups is 5. The Morgan fingerprint density at radius 1 is 0.800 bits per heavy atom. The highest BCUT2D eigenvalue weighted by Crippen LogP contribution is 2.30. The number of esters is 1. The smallest absolute Gasteiger partial charge is 0.329 e. The van der Waals surface area contributed by atoms with Crippen LogP contribution >= 0.6 is 0 Å². The van der Waals surface area contributed by atoms with Crippen LogP contribution in [0.3, 0.4) is 0 Å². The third-order valence-corrected chi connectivity index (χ3v) is 12.4. The minimum atomic E-state index is -0.979. The fourth-order valence-corrected chi connectivity index (χ4v) is 8.49. The van der Waals surface area contributed by atoms with Gasteiger partial charge in [0.25, 0.3) is 0 Å². The fraction of sp³-hybridized carbons (Fsp3) is 0.638. The quantitative estimate of drug-likeness (QED) is 0.126. The van der Waals surface area contributed by atoms with Gasteiger partial charge < -0.3 is 40.0 Å². The summed E-state index contributed by atoms with van der Waals surface area (Å²) in [4.78, 5) is 73.1. The van der Waals surface area contributed by atoms with Crippen molar-refractivity contribution in [3.8, 4) is 0 Å². The van der Waals surface area contributed by atoms with Crippen molar-refractivity contribution >= 4 is 29.6 Å². The number of likely N-dealkylation sites (tertiary alicyclic amines) is 1. The van der Waals surface area contributed by atoms with E-state index >= 15 is 0 Å².